The second-order valence-electron chi connectivity index (χ2n) is 6.89. The highest BCUT2D eigenvalue weighted by Crippen LogP contribution is 2.40. The zero-order valence-electron chi connectivity index (χ0n) is 13.4. The van der Waals surface area contributed by atoms with Crippen LogP contribution in [0.2, 0.25) is 0 Å². The van der Waals surface area contributed by atoms with Crippen molar-refractivity contribution in [1.29, 1.82) is 0 Å². The van der Waals surface area contributed by atoms with Gasteiger partial charge in [-0.2, -0.15) is 0 Å². The average Bonchev–Trinajstić information content (AvgIpc) is 2.98. The van der Waals surface area contributed by atoms with Crippen LogP contribution >= 0.6 is 0 Å². The van der Waals surface area contributed by atoms with Gasteiger partial charge in [-0.15, -0.1) is 0 Å². The van der Waals surface area contributed by atoms with Gasteiger partial charge >= 0.3 is 0 Å². The SMILES string of the molecule is c1cnc(N2CCC[C@@]3(CCN(Cc4ccncc4)C3)C2)nc1. The van der Waals surface area contributed by atoms with Crippen LogP contribution in [0.15, 0.2) is 43.0 Å². The smallest absolute Gasteiger partial charge is 0.225 e. The largest absolute Gasteiger partial charge is 0.340 e. The first-order valence-corrected chi connectivity index (χ1v) is 8.46. The zero-order valence-corrected chi connectivity index (χ0v) is 13.4. The number of piperidine rings is 1. The lowest BCUT2D eigenvalue weighted by Crippen LogP contribution is -2.45. The molecule has 120 valence electrons. The highest BCUT2D eigenvalue weighted by Gasteiger charge is 2.41. The fourth-order valence-electron chi connectivity index (χ4n) is 4.08. The molecule has 0 radical (unpaired) electrons. The van der Waals surface area contributed by atoms with Crippen molar-refractivity contribution in [3.05, 3.63) is 48.5 Å². The van der Waals surface area contributed by atoms with Crippen molar-refractivity contribution in [2.24, 2.45) is 5.41 Å². The molecule has 2 saturated heterocycles. The summed E-state index contributed by atoms with van der Waals surface area (Å²) in [5.41, 5.74) is 1.76. The van der Waals surface area contributed by atoms with Gasteiger partial charge in [0.2, 0.25) is 5.95 Å². The van der Waals surface area contributed by atoms with Gasteiger partial charge < -0.3 is 4.90 Å². The quantitative estimate of drug-likeness (QED) is 0.871. The molecule has 4 heterocycles. The van der Waals surface area contributed by atoms with Crippen molar-refractivity contribution in [2.45, 2.75) is 25.8 Å². The van der Waals surface area contributed by atoms with E-state index in [2.05, 4.69) is 36.9 Å². The topological polar surface area (TPSA) is 45.2 Å². The molecule has 4 rings (SSSR count). The molecule has 0 N–H and O–H groups in total. The van der Waals surface area contributed by atoms with Gasteiger partial charge in [-0.05, 0) is 49.6 Å². The summed E-state index contributed by atoms with van der Waals surface area (Å²) >= 11 is 0. The standard InChI is InChI=1S/C18H23N5/c1-5-18(15-23(11-1)17-20-7-2-8-21-17)6-12-22(14-18)13-16-3-9-19-10-4-16/h2-4,7-10H,1,5-6,11-15H2/t18-/m0/s1. The Hall–Kier alpha value is -2.01. The molecular weight excluding hydrogens is 286 g/mol. The van der Waals surface area contributed by atoms with E-state index < -0.39 is 0 Å². The molecule has 0 aliphatic carbocycles. The molecule has 2 aliphatic heterocycles. The van der Waals surface area contributed by atoms with Crippen LogP contribution in [0.5, 0.6) is 0 Å². The molecule has 0 bridgehead atoms. The Bertz CT molecular complexity index is 632. The van der Waals surface area contributed by atoms with Crippen LogP contribution in [0.4, 0.5) is 5.95 Å². The third kappa shape index (κ3) is 3.20. The van der Waals surface area contributed by atoms with E-state index in [1.54, 1.807) is 0 Å². The number of rotatable bonds is 3. The van der Waals surface area contributed by atoms with Crippen LogP contribution in [0, 0.1) is 5.41 Å². The molecule has 5 heteroatoms. The average molecular weight is 309 g/mol. The Kier molecular flexibility index (Phi) is 3.95. The zero-order chi connectivity index (χ0) is 15.5. The van der Waals surface area contributed by atoms with Crippen LogP contribution in [0.1, 0.15) is 24.8 Å². The monoisotopic (exact) mass is 309 g/mol. The Labute approximate surface area is 137 Å². The minimum atomic E-state index is 0.407. The van der Waals surface area contributed by atoms with Gasteiger partial charge in [0.05, 0.1) is 0 Å². The van der Waals surface area contributed by atoms with E-state index in [4.69, 9.17) is 0 Å². The molecule has 23 heavy (non-hydrogen) atoms. The van der Waals surface area contributed by atoms with Crippen molar-refractivity contribution in [3.63, 3.8) is 0 Å². The minimum Gasteiger partial charge on any atom is -0.340 e. The second-order valence-corrected chi connectivity index (χ2v) is 6.89. The Morgan fingerprint density at radius 1 is 0.957 bits per heavy atom. The van der Waals surface area contributed by atoms with Crippen molar-refractivity contribution in [1.82, 2.24) is 19.9 Å². The minimum absolute atomic E-state index is 0.407. The number of anilines is 1. The molecule has 5 nitrogen and oxygen atoms in total. The van der Waals surface area contributed by atoms with Crippen LogP contribution in [0.25, 0.3) is 0 Å². The van der Waals surface area contributed by atoms with Gasteiger partial charge in [-0.25, -0.2) is 9.97 Å². The number of hydrogen-bond donors (Lipinski definition) is 0. The normalized spacial score (nSPS) is 25.1. The molecule has 0 saturated carbocycles. The van der Waals surface area contributed by atoms with Gasteiger partial charge in [0.15, 0.2) is 0 Å². The molecule has 0 unspecified atom stereocenters. The summed E-state index contributed by atoms with van der Waals surface area (Å²) in [5.74, 6) is 0.888. The lowest BCUT2D eigenvalue weighted by atomic mass is 9.79. The number of pyridine rings is 1. The molecule has 1 atom stereocenters. The van der Waals surface area contributed by atoms with Gasteiger partial charge in [0, 0.05) is 56.4 Å². The Balaban J connectivity index is 1.43. The van der Waals surface area contributed by atoms with E-state index in [9.17, 15) is 0 Å². The van der Waals surface area contributed by atoms with Gasteiger partial charge in [0.1, 0.15) is 0 Å². The van der Waals surface area contributed by atoms with E-state index in [1.165, 1.54) is 37.9 Å². The lowest BCUT2D eigenvalue weighted by Gasteiger charge is -2.40. The van der Waals surface area contributed by atoms with Crippen LogP contribution < -0.4 is 4.90 Å². The van der Waals surface area contributed by atoms with E-state index in [1.807, 2.05) is 30.9 Å². The van der Waals surface area contributed by atoms with Crippen molar-refractivity contribution >= 4 is 5.95 Å². The van der Waals surface area contributed by atoms with Crippen molar-refractivity contribution < 1.29 is 0 Å². The summed E-state index contributed by atoms with van der Waals surface area (Å²) in [6.45, 7) is 5.57. The van der Waals surface area contributed by atoms with Gasteiger partial charge in [0.25, 0.3) is 0 Å². The molecular formula is C18H23N5. The van der Waals surface area contributed by atoms with E-state index in [0.29, 0.717) is 5.41 Å². The molecule has 2 fully saturated rings. The third-order valence-electron chi connectivity index (χ3n) is 5.17. The van der Waals surface area contributed by atoms with Crippen molar-refractivity contribution in [2.75, 3.05) is 31.1 Å². The fraction of sp³-hybridized carbons (Fsp3) is 0.500. The third-order valence-corrected chi connectivity index (χ3v) is 5.17. The summed E-state index contributed by atoms with van der Waals surface area (Å²) < 4.78 is 0. The fourth-order valence-corrected chi connectivity index (χ4v) is 4.08. The van der Waals surface area contributed by atoms with Gasteiger partial charge in [-0.3, -0.25) is 9.88 Å². The highest BCUT2D eigenvalue weighted by atomic mass is 15.3. The first kappa shape index (κ1) is 14.6. The van der Waals surface area contributed by atoms with Crippen molar-refractivity contribution in [3.8, 4) is 0 Å². The molecule has 2 aromatic heterocycles. The summed E-state index contributed by atoms with van der Waals surface area (Å²) in [7, 11) is 0. The summed E-state index contributed by atoms with van der Waals surface area (Å²) in [6, 6.07) is 6.13. The molecule has 1 spiro atoms. The Morgan fingerprint density at radius 3 is 2.61 bits per heavy atom. The van der Waals surface area contributed by atoms with E-state index >= 15 is 0 Å². The van der Waals surface area contributed by atoms with Crippen LogP contribution in [-0.4, -0.2) is 46.0 Å². The highest BCUT2D eigenvalue weighted by molar-refractivity contribution is 5.30. The maximum atomic E-state index is 4.44. The van der Waals surface area contributed by atoms with E-state index in [0.717, 1.165) is 25.6 Å². The first-order chi connectivity index (χ1) is 11.3. The molecule has 2 aliphatic rings. The van der Waals surface area contributed by atoms with Gasteiger partial charge in [-0.1, -0.05) is 0 Å². The molecule has 0 amide bonds. The number of nitrogens with zero attached hydrogens (tertiary/aromatic N) is 5. The number of hydrogen-bond acceptors (Lipinski definition) is 5. The lowest BCUT2D eigenvalue weighted by molar-refractivity contribution is 0.215. The number of aromatic nitrogens is 3. The summed E-state index contributed by atoms with van der Waals surface area (Å²) in [4.78, 5) is 17.9. The van der Waals surface area contributed by atoms with Crippen LogP contribution in [-0.2, 0) is 6.54 Å². The molecule has 2 aromatic rings. The predicted octanol–water partition coefficient (Wildman–Crippen LogP) is 2.36. The maximum Gasteiger partial charge on any atom is 0.225 e. The number of likely N-dealkylation sites (tertiary alicyclic amines) is 1. The first-order valence-electron chi connectivity index (χ1n) is 8.46. The summed E-state index contributed by atoms with van der Waals surface area (Å²) in [6.07, 6.45) is 11.3. The molecule has 0 aromatic carbocycles. The Morgan fingerprint density at radius 2 is 1.78 bits per heavy atom. The predicted molar refractivity (Wildman–Crippen MR) is 90.0 cm³/mol. The maximum absolute atomic E-state index is 4.44. The second kappa shape index (κ2) is 6.24. The van der Waals surface area contributed by atoms with Crippen LogP contribution in [0.3, 0.4) is 0 Å². The van der Waals surface area contributed by atoms with E-state index in [-0.39, 0.29) is 0 Å². The summed E-state index contributed by atoms with van der Waals surface area (Å²) in [5, 5.41) is 0.